The minimum atomic E-state index is 0.893. The SMILES string of the molecule is C1CCC([C@H]2CCCC[C@H]2NC2CC2)CC1. The van der Waals surface area contributed by atoms with Gasteiger partial charge < -0.3 is 5.32 Å². The van der Waals surface area contributed by atoms with Gasteiger partial charge >= 0.3 is 0 Å². The normalized spacial score (nSPS) is 37.5. The Morgan fingerprint density at radius 2 is 1.31 bits per heavy atom. The predicted molar refractivity (Wildman–Crippen MR) is 68.5 cm³/mol. The van der Waals surface area contributed by atoms with E-state index in [9.17, 15) is 0 Å². The first-order valence-electron chi connectivity index (χ1n) is 7.69. The van der Waals surface area contributed by atoms with Crippen LogP contribution in [0.2, 0.25) is 0 Å². The van der Waals surface area contributed by atoms with Gasteiger partial charge in [0.1, 0.15) is 0 Å². The summed E-state index contributed by atoms with van der Waals surface area (Å²) in [5.41, 5.74) is 0. The lowest BCUT2D eigenvalue weighted by Crippen LogP contribution is -2.43. The van der Waals surface area contributed by atoms with Gasteiger partial charge in [-0.3, -0.25) is 0 Å². The van der Waals surface area contributed by atoms with Gasteiger partial charge in [-0.05, 0) is 37.5 Å². The maximum absolute atomic E-state index is 3.94. The summed E-state index contributed by atoms with van der Waals surface area (Å²) < 4.78 is 0. The van der Waals surface area contributed by atoms with Crippen LogP contribution in [0.3, 0.4) is 0 Å². The highest BCUT2D eigenvalue weighted by molar-refractivity contribution is 4.92. The van der Waals surface area contributed by atoms with Crippen LogP contribution in [0.1, 0.15) is 70.6 Å². The molecule has 0 unspecified atom stereocenters. The molecule has 0 bridgehead atoms. The van der Waals surface area contributed by atoms with E-state index in [-0.39, 0.29) is 0 Å². The van der Waals surface area contributed by atoms with Crippen LogP contribution in [-0.4, -0.2) is 12.1 Å². The van der Waals surface area contributed by atoms with E-state index >= 15 is 0 Å². The molecular weight excluding hydrogens is 194 g/mol. The van der Waals surface area contributed by atoms with Crippen LogP contribution in [0.4, 0.5) is 0 Å². The zero-order chi connectivity index (χ0) is 10.8. The van der Waals surface area contributed by atoms with Gasteiger partial charge in [0, 0.05) is 12.1 Å². The molecule has 1 nitrogen and oxygen atoms in total. The highest BCUT2D eigenvalue weighted by atomic mass is 15.0. The molecule has 0 aromatic rings. The zero-order valence-corrected chi connectivity index (χ0v) is 10.6. The molecule has 0 aromatic heterocycles. The fraction of sp³-hybridized carbons (Fsp3) is 1.00. The van der Waals surface area contributed by atoms with Gasteiger partial charge in [-0.2, -0.15) is 0 Å². The highest BCUT2D eigenvalue weighted by Crippen LogP contribution is 2.39. The van der Waals surface area contributed by atoms with E-state index in [0.717, 1.165) is 23.9 Å². The van der Waals surface area contributed by atoms with Crippen molar-refractivity contribution in [1.29, 1.82) is 0 Å². The van der Waals surface area contributed by atoms with Crippen molar-refractivity contribution in [2.45, 2.75) is 82.7 Å². The van der Waals surface area contributed by atoms with Gasteiger partial charge in [0.25, 0.3) is 0 Å². The summed E-state index contributed by atoms with van der Waals surface area (Å²) >= 11 is 0. The van der Waals surface area contributed by atoms with Crippen molar-refractivity contribution >= 4 is 0 Å². The lowest BCUT2D eigenvalue weighted by molar-refractivity contribution is 0.149. The third kappa shape index (κ3) is 2.61. The summed E-state index contributed by atoms with van der Waals surface area (Å²) in [5, 5.41) is 3.94. The molecular formula is C15H27N. The minimum absolute atomic E-state index is 0.893. The Kier molecular flexibility index (Phi) is 3.51. The number of rotatable bonds is 3. The Balaban J connectivity index is 1.59. The van der Waals surface area contributed by atoms with E-state index < -0.39 is 0 Å². The van der Waals surface area contributed by atoms with Crippen LogP contribution in [0.15, 0.2) is 0 Å². The van der Waals surface area contributed by atoms with E-state index in [1.165, 1.54) is 70.6 Å². The molecule has 0 aliphatic heterocycles. The van der Waals surface area contributed by atoms with Crippen molar-refractivity contribution in [2.75, 3.05) is 0 Å². The molecule has 92 valence electrons. The second kappa shape index (κ2) is 5.08. The molecule has 2 atom stereocenters. The Morgan fingerprint density at radius 1 is 0.625 bits per heavy atom. The molecule has 0 amide bonds. The van der Waals surface area contributed by atoms with Gasteiger partial charge in [0.15, 0.2) is 0 Å². The van der Waals surface area contributed by atoms with Gasteiger partial charge in [-0.25, -0.2) is 0 Å². The highest BCUT2D eigenvalue weighted by Gasteiger charge is 2.35. The lowest BCUT2D eigenvalue weighted by atomic mass is 9.71. The van der Waals surface area contributed by atoms with Gasteiger partial charge in [-0.1, -0.05) is 44.9 Å². The van der Waals surface area contributed by atoms with Crippen molar-refractivity contribution in [3.63, 3.8) is 0 Å². The monoisotopic (exact) mass is 221 g/mol. The molecule has 0 saturated heterocycles. The van der Waals surface area contributed by atoms with Crippen LogP contribution in [0.5, 0.6) is 0 Å². The van der Waals surface area contributed by atoms with Crippen LogP contribution in [0.25, 0.3) is 0 Å². The molecule has 3 aliphatic rings. The summed E-state index contributed by atoms with van der Waals surface area (Å²) in [4.78, 5) is 0. The van der Waals surface area contributed by atoms with E-state index in [0.29, 0.717) is 0 Å². The van der Waals surface area contributed by atoms with Crippen molar-refractivity contribution in [1.82, 2.24) is 5.32 Å². The summed E-state index contributed by atoms with van der Waals surface area (Å²) in [6.45, 7) is 0. The van der Waals surface area contributed by atoms with E-state index in [4.69, 9.17) is 0 Å². The lowest BCUT2D eigenvalue weighted by Gasteiger charge is -2.39. The average molecular weight is 221 g/mol. The zero-order valence-electron chi connectivity index (χ0n) is 10.6. The van der Waals surface area contributed by atoms with E-state index in [1.807, 2.05) is 0 Å². The fourth-order valence-electron chi connectivity index (χ4n) is 4.05. The van der Waals surface area contributed by atoms with Crippen LogP contribution < -0.4 is 5.32 Å². The fourth-order valence-corrected chi connectivity index (χ4v) is 4.05. The first-order chi connectivity index (χ1) is 7.93. The molecule has 0 radical (unpaired) electrons. The van der Waals surface area contributed by atoms with Gasteiger partial charge in [0.2, 0.25) is 0 Å². The minimum Gasteiger partial charge on any atom is -0.311 e. The Morgan fingerprint density at radius 3 is 2.06 bits per heavy atom. The molecule has 3 saturated carbocycles. The van der Waals surface area contributed by atoms with Crippen molar-refractivity contribution in [2.24, 2.45) is 11.8 Å². The quantitative estimate of drug-likeness (QED) is 0.762. The molecule has 1 N–H and O–H groups in total. The second-order valence-electron chi connectivity index (χ2n) is 6.39. The Bertz CT molecular complexity index is 215. The molecule has 16 heavy (non-hydrogen) atoms. The molecule has 0 aromatic carbocycles. The largest absolute Gasteiger partial charge is 0.311 e. The first-order valence-corrected chi connectivity index (χ1v) is 7.69. The third-order valence-corrected chi connectivity index (χ3v) is 5.10. The smallest absolute Gasteiger partial charge is 0.0101 e. The Hall–Kier alpha value is -0.0400. The molecule has 0 heterocycles. The molecule has 1 heteroatoms. The van der Waals surface area contributed by atoms with Crippen molar-refractivity contribution < 1.29 is 0 Å². The number of nitrogens with one attached hydrogen (secondary N) is 1. The maximum atomic E-state index is 3.94. The number of hydrogen-bond donors (Lipinski definition) is 1. The third-order valence-electron chi connectivity index (χ3n) is 5.10. The number of hydrogen-bond acceptors (Lipinski definition) is 1. The average Bonchev–Trinajstić information content (AvgIpc) is 3.15. The first kappa shape index (κ1) is 11.1. The van der Waals surface area contributed by atoms with E-state index in [2.05, 4.69) is 5.32 Å². The van der Waals surface area contributed by atoms with Gasteiger partial charge in [-0.15, -0.1) is 0 Å². The summed E-state index contributed by atoms with van der Waals surface area (Å²) in [5.74, 6) is 2.11. The molecule has 3 fully saturated rings. The molecule has 0 spiro atoms. The van der Waals surface area contributed by atoms with Crippen molar-refractivity contribution in [3.8, 4) is 0 Å². The Labute approximate surface area is 100 Å². The summed E-state index contributed by atoms with van der Waals surface area (Å²) in [6, 6.07) is 1.80. The van der Waals surface area contributed by atoms with Crippen LogP contribution >= 0.6 is 0 Å². The van der Waals surface area contributed by atoms with Crippen molar-refractivity contribution in [3.05, 3.63) is 0 Å². The summed E-state index contributed by atoms with van der Waals surface area (Å²) in [7, 11) is 0. The standard InChI is InChI=1S/C15H27N/c1-2-6-12(7-3-1)14-8-4-5-9-15(14)16-13-10-11-13/h12-16H,1-11H2/t14-,15-/m1/s1. The second-order valence-corrected chi connectivity index (χ2v) is 6.39. The van der Waals surface area contributed by atoms with E-state index in [1.54, 1.807) is 0 Å². The maximum Gasteiger partial charge on any atom is 0.0101 e. The topological polar surface area (TPSA) is 12.0 Å². The van der Waals surface area contributed by atoms with Gasteiger partial charge in [0.05, 0.1) is 0 Å². The van der Waals surface area contributed by atoms with Crippen LogP contribution in [0, 0.1) is 11.8 Å². The molecule has 3 aliphatic carbocycles. The molecule has 3 rings (SSSR count). The van der Waals surface area contributed by atoms with Crippen LogP contribution in [-0.2, 0) is 0 Å². The summed E-state index contributed by atoms with van der Waals surface area (Å²) in [6.07, 6.45) is 16.5. The predicted octanol–water partition coefficient (Wildman–Crippen LogP) is 3.88.